The van der Waals surface area contributed by atoms with Crippen molar-refractivity contribution in [3.05, 3.63) is 0 Å². The maximum absolute atomic E-state index is 10.4. The minimum Gasteiger partial charge on any atom is -0.389 e. The van der Waals surface area contributed by atoms with E-state index < -0.39 is 18.1 Å². The Bertz CT molecular complexity index is 152. The lowest BCUT2D eigenvalue weighted by Crippen LogP contribution is -2.32. The molecule has 2 atom stereocenters. The molecule has 1 heterocycles. The molecule has 0 bridgehead atoms. The number of carbonyl (C=O) groups excluding carboxylic acids is 1. The number of primary amides is 1. The molecule has 0 aromatic rings. The summed E-state index contributed by atoms with van der Waals surface area (Å²) in [5, 5.41) is 18.1. The van der Waals surface area contributed by atoms with Gasteiger partial charge in [0.2, 0.25) is 5.91 Å². The van der Waals surface area contributed by atoms with Crippen LogP contribution in [0.3, 0.4) is 0 Å². The van der Waals surface area contributed by atoms with E-state index in [1.54, 1.807) is 4.90 Å². The fourth-order valence-electron chi connectivity index (χ4n) is 1.20. The van der Waals surface area contributed by atoms with Crippen LogP contribution < -0.4 is 5.73 Å². The molecule has 0 spiro atoms. The zero-order chi connectivity index (χ0) is 8.43. The van der Waals surface area contributed by atoms with Crippen molar-refractivity contribution in [3.8, 4) is 0 Å². The van der Waals surface area contributed by atoms with Crippen molar-refractivity contribution in [3.63, 3.8) is 0 Å². The molecule has 0 aromatic carbocycles. The molecule has 0 radical (unpaired) electrons. The summed E-state index contributed by atoms with van der Waals surface area (Å²) >= 11 is 0. The van der Waals surface area contributed by atoms with Crippen molar-refractivity contribution < 1.29 is 15.0 Å². The summed E-state index contributed by atoms with van der Waals surface area (Å²) in [7, 11) is 0. The van der Waals surface area contributed by atoms with Crippen LogP contribution in [-0.4, -0.2) is 52.9 Å². The zero-order valence-electron chi connectivity index (χ0n) is 6.10. The number of aliphatic hydroxyl groups is 2. The van der Waals surface area contributed by atoms with Gasteiger partial charge in [0.05, 0.1) is 18.8 Å². The third-order valence-corrected chi connectivity index (χ3v) is 1.71. The number of hydrogen-bond donors (Lipinski definition) is 3. The van der Waals surface area contributed by atoms with Crippen molar-refractivity contribution in [2.45, 2.75) is 12.2 Å². The zero-order valence-corrected chi connectivity index (χ0v) is 6.10. The number of likely N-dealkylation sites (tertiary alicyclic amines) is 1. The van der Waals surface area contributed by atoms with Crippen molar-refractivity contribution in [2.75, 3.05) is 19.6 Å². The van der Waals surface area contributed by atoms with Gasteiger partial charge < -0.3 is 15.9 Å². The molecular formula is C6H12N2O3. The first-order valence-corrected chi connectivity index (χ1v) is 3.46. The Hall–Kier alpha value is -0.650. The molecule has 11 heavy (non-hydrogen) atoms. The lowest BCUT2D eigenvalue weighted by molar-refractivity contribution is -0.119. The van der Waals surface area contributed by atoms with Crippen LogP contribution in [0.2, 0.25) is 0 Å². The molecule has 1 aliphatic rings. The molecule has 1 amide bonds. The van der Waals surface area contributed by atoms with Gasteiger partial charge in [0.25, 0.3) is 0 Å². The summed E-state index contributed by atoms with van der Waals surface area (Å²) in [4.78, 5) is 12.0. The van der Waals surface area contributed by atoms with Gasteiger partial charge in [-0.25, -0.2) is 0 Å². The van der Waals surface area contributed by atoms with Crippen LogP contribution in [-0.2, 0) is 4.79 Å². The van der Waals surface area contributed by atoms with Gasteiger partial charge in [-0.1, -0.05) is 0 Å². The monoisotopic (exact) mass is 160 g/mol. The Labute approximate surface area is 64.4 Å². The molecular weight excluding hydrogens is 148 g/mol. The fourth-order valence-corrected chi connectivity index (χ4v) is 1.20. The highest BCUT2D eigenvalue weighted by Gasteiger charge is 2.29. The second-order valence-electron chi connectivity index (χ2n) is 2.80. The van der Waals surface area contributed by atoms with E-state index in [-0.39, 0.29) is 6.54 Å². The highest BCUT2D eigenvalue weighted by Crippen LogP contribution is 2.08. The number of hydrogen-bond acceptors (Lipinski definition) is 4. The predicted molar refractivity (Wildman–Crippen MR) is 37.6 cm³/mol. The minimum absolute atomic E-state index is 0.105. The van der Waals surface area contributed by atoms with Crippen LogP contribution in [0.15, 0.2) is 0 Å². The average molecular weight is 160 g/mol. The summed E-state index contributed by atoms with van der Waals surface area (Å²) in [6, 6.07) is 0. The maximum Gasteiger partial charge on any atom is 0.231 e. The van der Waals surface area contributed by atoms with Crippen LogP contribution in [0.4, 0.5) is 0 Å². The summed E-state index contributed by atoms with van der Waals surface area (Å²) in [5.41, 5.74) is 4.92. The van der Waals surface area contributed by atoms with Crippen molar-refractivity contribution >= 4 is 5.91 Å². The SMILES string of the molecule is NC(=O)CN1C[C@@H](O)[C@@H](O)C1. The maximum atomic E-state index is 10.4. The molecule has 1 saturated heterocycles. The number of rotatable bonds is 2. The van der Waals surface area contributed by atoms with Crippen LogP contribution in [0.25, 0.3) is 0 Å². The second-order valence-corrected chi connectivity index (χ2v) is 2.80. The molecule has 5 nitrogen and oxygen atoms in total. The highest BCUT2D eigenvalue weighted by molar-refractivity contribution is 5.75. The Morgan fingerprint density at radius 1 is 1.45 bits per heavy atom. The van der Waals surface area contributed by atoms with E-state index in [4.69, 9.17) is 15.9 Å². The first kappa shape index (κ1) is 8.45. The molecule has 0 aliphatic carbocycles. The molecule has 0 saturated carbocycles. The summed E-state index contributed by atoms with van der Waals surface area (Å²) in [5.74, 6) is -0.439. The molecule has 1 fully saturated rings. The Balaban J connectivity index is 2.35. The number of nitrogens with two attached hydrogens (primary N) is 1. The van der Waals surface area contributed by atoms with E-state index in [2.05, 4.69) is 0 Å². The molecule has 0 aromatic heterocycles. The number of β-amino-alcohol motifs (C(OH)–C–C–N with tert-alkyl or cyclic N) is 2. The standard InChI is InChI=1S/C6H12N2O3/c7-6(11)3-8-1-4(9)5(10)2-8/h4-5,9-10H,1-3H2,(H2,7,11)/t4-,5+. The van der Waals surface area contributed by atoms with Crippen molar-refractivity contribution in [2.24, 2.45) is 5.73 Å². The Morgan fingerprint density at radius 2 is 1.91 bits per heavy atom. The summed E-state index contributed by atoms with van der Waals surface area (Å²) in [6.45, 7) is 0.752. The van der Waals surface area contributed by atoms with Crippen LogP contribution in [0.1, 0.15) is 0 Å². The van der Waals surface area contributed by atoms with Crippen molar-refractivity contribution in [1.29, 1.82) is 0 Å². The first-order valence-electron chi connectivity index (χ1n) is 3.46. The third kappa shape index (κ3) is 2.14. The third-order valence-electron chi connectivity index (χ3n) is 1.71. The fraction of sp³-hybridized carbons (Fsp3) is 0.833. The molecule has 64 valence electrons. The van der Waals surface area contributed by atoms with Gasteiger partial charge >= 0.3 is 0 Å². The van der Waals surface area contributed by atoms with Gasteiger partial charge in [0.15, 0.2) is 0 Å². The average Bonchev–Trinajstić information content (AvgIpc) is 2.10. The molecule has 5 heteroatoms. The van der Waals surface area contributed by atoms with Crippen LogP contribution in [0, 0.1) is 0 Å². The summed E-state index contributed by atoms with van der Waals surface area (Å²) in [6.07, 6.45) is -1.48. The highest BCUT2D eigenvalue weighted by atomic mass is 16.3. The van der Waals surface area contributed by atoms with Gasteiger partial charge in [0, 0.05) is 13.1 Å². The van der Waals surface area contributed by atoms with Gasteiger partial charge in [-0.2, -0.15) is 0 Å². The van der Waals surface area contributed by atoms with Gasteiger partial charge in [-0.05, 0) is 0 Å². The van der Waals surface area contributed by atoms with E-state index in [1.807, 2.05) is 0 Å². The number of amides is 1. The van der Waals surface area contributed by atoms with E-state index in [0.717, 1.165) is 0 Å². The lowest BCUT2D eigenvalue weighted by Gasteiger charge is -2.10. The van der Waals surface area contributed by atoms with E-state index in [1.165, 1.54) is 0 Å². The molecule has 0 unspecified atom stereocenters. The number of aliphatic hydroxyl groups excluding tert-OH is 2. The lowest BCUT2D eigenvalue weighted by atomic mass is 10.3. The number of carbonyl (C=O) groups is 1. The first-order chi connectivity index (χ1) is 5.09. The number of nitrogens with zero attached hydrogens (tertiary/aromatic N) is 1. The largest absolute Gasteiger partial charge is 0.389 e. The predicted octanol–water partition coefficient (Wildman–Crippen LogP) is -2.49. The van der Waals surface area contributed by atoms with E-state index in [9.17, 15) is 4.79 Å². The topological polar surface area (TPSA) is 86.8 Å². The molecule has 4 N–H and O–H groups in total. The minimum atomic E-state index is -0.741. The van der Waals surface area contributed by atoms with Crippen LogP contribution in [0.5, 0.6) is 0 Å². The van der Waals surface area contributed by atoms with E-state index in [0.29, 0.717) is 13.1 Å². The van der Waals surface area contributed by atoms with Crippen molar-refractivity contribution in [1.82, 2.24) is 4.90 Å². The Morgan fingerprint density at radius 3 is 2.27 bits per heavy atom. The van der Waals surface area contributed by atoms with Gasteiger partial charge in [0.1, 0.15) is 0 Å². The Kier molecular flexibility index (Phi) is 2.43. The van der Waals surface area contributed by atoms with E-state index >= 15 is 0 Å². The smallest absolute Gasteiger partial charge is 0.231 e. The molecule has 1 rings (SSSR count). The normalized spacial score (nSPS) is 32.5. The second kappa shape index (κ2) is 3.17. The van der Waals surface area contributed by atoms with Gasteiger partial charge in [-0.3, -0.25) is 9.69 Å². The quantitative estimate of drug-likeness (QED) is 0.417. The summed E-state index contributed by atoms with van der Waals surface area (Å²) < 4.78 is 0. The van der Waals surface area contributed by atoms with Gasteiger partial charge in [-0.15, -0.1) is 0 Å². The van der Waals surface area contributed by atoms with Crippen LogP contribution >= 0.6 is 0 Å². The molecule has 1 aliphatic heterocycles.